The number of carbonyl (C=O) groups excluding carboxylic acids is 2. The van der Waals surface area contributed by atoms with Crippen molar-refractivity contribution >= 4 is 11.8 Å². The summed E-state index contributed by atoms with van der Waals surface area (Å²) in [5, 5.41) is 5.69. The zero-order valence-corrected chi connectivity index (χ0v) is 9.20. The molecule has 0 aromatic carbocycles. The smallest absolute Gasteiger partial charge is 0.242 e. The van der Waals surface area contributed by atoms with E-state index >= 15 is 0 Å². The molecule has 2 fully saturated rings. The van der Waals surface area contributed by atoms with Gasteiger partial charge in [-0.3, -0.25) is 9.59 Å². The fourth-order valence-electron chi connectivity index (χ4n) is 1.71. The highest BCUT2D eigenvalue weighted by atomic mass is 16.5. The molecule has 2 saturated heterocycles. The predicted molar refractivity (Wildman–Crippen MR) is 56.8 cm³/mol. The van der Waals surface area contributed by atoms with E-state index in [-0.39, 0.29) is 24.3 Å². The maximum atomic E-state index is 11.7. The molecule has 0 spiro atoms. The van der Waals surface area contributed by atoms with Crippen LogP contribution in [-0.2, 0) is 14.3 Å². The molecule has 2 aliphatic rings. The Bertz CT molecular complexity index is 272. The number of amides is 2. The molecular formula is C10H17N3O3. The predicted octanol–water partition coefficient (Wildman–Crippen LogP) is -1.82. The van der Waals surface area contributed by atoms with Gasteiger partial charge in [0.05, 0.1) is 25.7 Å². The first-order valence-electron chi connectivity index (χ1n) is 5.61. The van der Waals surface area contributed by atoms with E-state index in [9.17, 15) is 9.59 Å². The summed E-state index contributed by atoms with van der Waals surface area (Å²) in [6, 6.07) is 0. The van der Waals surface area contributed by atoms with Crippen molar-refractivity contribution in [2.75, 3.05) is 45.9 Å². The Kier molecular flexibility index (Phi) is 3.74. The van der Waals surface area contributed by atoms with Crippen LogP contribution in [0.15, 0.2) is 0 Å². The number of hydrogen-bond acceptors (Lipinski definition) is 4. The number of carbonyl (C=O) groups is 2. The molecule has 6 nitrogen and oxygen atoms in total. The zero-order valence-electron chi connectivity index (χ0n) is 9.20. The minimum atomic E-state index is -0.0274. The minimum absolute atomic E-state index is 0.0241. The van der Waals surface area contributed by atoms with Crippen molar-refractivity contribution in [2.45, 2.75) is 0 Å². The lowest BCUT2D eigenvalue weighted by Crippen LogP contribution is -2.53. The first-order valence-corrected chi connectivity index (χ1v) is 5.61. The Hall–Kier alpha value is -1.14. The van der Waals surface area contributed by atoms with Gasteiger partial charge in [-0.05, 0) is 0 Å². The van der Waals surface area contributed by atoms with Crippen LogP contribution in [0.2, 0.25) is 0 Å². The Labute approximate surface area is 94.3 Å². The normalized spacial score (nSPS) is 21.4. The van der Waals surface area contributed by atoms with Crippen LogP contribution in [-0.4, -0.2) is 62.7 Å². The Balaban J connectivity index is 1.67. The summed E-state index contributed by atoms with van der Waals surface area (Å²) in [5.74, 6) is -0.0122. The lowest BCUT2D eigenvalue weighted by molar-refractivity contribution is -0.137. The van der Waals surface area contributed by atoms with Gasteiger partial charge in [-0.1, -0.05) is 0 Å². The topological polar surface area (TPSA) is 70.7 Å². The third-order valence-corrected chi connectivity index (χ3v) is 2.93. The zero-order chi connectivity index (χ0) is 11.4. The molecule has 0 unspecified atom stereocenters. The first kappa shape index (κ1) is 11.3. The molecule has 90 valence electrons. The van der Waals surface area contributed by atoms with Gasteiger partial charge in [-0.15, -0.1) is 0 Å². The molecule has 0 atom stereocenters. The van der Waals surface area contributed by atoms with Crippen molar-refractivity contribution in [1.29, 1.82) is 0 Å². The van der Waals surface area contributed by atoms with Gasteiger partial charge in [0.2, 0.25) is 11.8 Å². The second kappa shape index (κ2) is 5.27. The van der Waals surface area contributed by atoms with Gasteiger partial charge < -0.3 is 20.3 Å². The summed E-state index contributed by atoms with van der Waals surface area (Å²) < 4.78 is 5.15. The van der Waals surface area contributed by atoms with E-state index in [1.165, 1.54) is 0 Å². The SMILES string of the molecule is O=C(NCC(=O)N1CCOCC1)C1CNC1. The summed E-state index contributed by atoms with van der Waals surface area (Å²) in [7, 11) is 0. The largest absolute Gasteiger partial charge is 0.378 e. The number of ether oxygens (including phenoxy) is 1. The summed E-state index contributed by atoms with van der Waals surface area (Å²) in [6.07, 6.45) is 0. The number of morpholine rings is 1. The molecule has 2 aliphatic heterocycles. The maximum absolute atomic E-state index is 11.7. The highest BCUT2D eigenvalue weighted by Crippen LogP contribution is 2.02. The average Bonchev–Trinajstić information content (AvgIpc) is 2.25. The van der Waals surface area contributed by atoms with E-state index in [0.717, 1.165) is 13.1 Å². The molecule has 2 heterocycles. The standard InChI is InChI=1S/C10H17N3O3/c14-9(13-1-3-16-4-2-13)7-12-10(15)8-5-11-6-8/h8,11H,1-7H2,(H,12,15). The summed E-state index contributed by atoms with van der Waals surface area (Å²) in [5.41, 5.74) is 0. The van der Waals surface area contributed by atoms with E-state index in [1.54, 1.807) is 4.90 Å². The molecule has 2 amide bonds. The molecule has 0 bridgehead atoms. The van der Waals surface area contributed by atoms with Crippen molar-refractivity contribution in [3.05, 3.63) is 0 Å². The van der Waals surface area contributed by atoms with Crippen LogP contribution in [0.1, 0.15) is 0 Å². The number of hydrogen-bond donors (Lipinski definition) is 2. The van der Waals surface area contributed by atoms with E-state index in [0.29, 0.717) is 26.3 Å². The van der Waals surface area contributed by atoms with Crippen LogP contribution in [0.25, 0.3) is 0 Å². The van der Waals surface area contributed by atoms with Gasteiger partial charge >= 0.3 is 0 Å². The third kappa shape index (κ3) is 2.70. The second-order valence-corrected chi connectivity index (χ2v) is 4.07. The van der Waals surface area contributed by atoms with Gasteiger partial charge in [0.15, 0.2) is 0 Å². The minimum Gasteiger partial charge on any atom is -0.378 e. The highest BCUT2D eigenvalue weighted by molar-refractivity contribution is 5.86. The molecule has 0 aromatic heterocycles. The van der Waals surface area contributed by atoms with Crippen LogP contribution in [0.4, 0.5) is 0 Å². The van der Waals surface area contributed by atoms with Crippen molar-refractivity contribution in [3.8, 4) is 0 Å². The summed E-state index contributed by atoms with van der Waals surface area (Å²) in [4.78, 5) is 24.9. The highest BCUT2D eigenvalue weighted by Gasteiger charge is 2.25. The molecule has 0 saturated carbocycles. The Morgan fingerprint density at radius 2 is 2.00 bits per heavy atom. The van der Waals surface area contributed by atoms with Crippen LogP contribution in [0.5, 0.6) is 0 Å². The molecule has 0 radical (unpaired) electrons. The Morgan fingerprint density at radius 3 is 2.56 bits per heavy atom. The van der Waals surface area contributed by atoms with Gasteiger partial charge in [-0.25, -0.2) is 0 Å². The molecule has 0 aromatic rings. The molecule has 16 heavy (non-hydrogen) atoms. The first-order chi connectivity index (χ1) is 7.77. The van der Waals surface area contributed by atoms with E-state index in [2.05, 4.69) is 10.6 Å². The van der Waals surface area contributed by atoms with Crippen molar-refractivity contribution in [2.24, 2.45) is 5.92 Å². The number of rotatable bonds is 3. The quantitative estimate of drug-likeness (QED) is 0.595. The van der Waals surface area contributed by atoms with Crippen LogP contribution < -0.4 is 10.6 Å². The molecule has 2 rings (SSSR count). The molecular weight excluding hydrogens is 210 g/mol. The van der Waals surface area contributed by atoms with Crippen LogP contribution >= 0.6 is 0 Å². The lowest BCUT2D eigenvalue weighted by Gasteiger charge is -2.28. The van der Waals surface area contributed by atoms with Crippen LogP contribution in [0.3, 0.4) is 0 Å². The van der Waals surface area contributed by atoms with Crippen molar-refractivity contribution < 1.29 is 14.3 Å². The summed E-state index contributed by atoms with van der Waals surface area (Å²) >= 11 is 0. The van der Waals surface area contributed by atoms with E-state index in [1.807, 2.05) is 0 Å². The fraction of sp³-hybridized carbons (Fsp3) is 0.800. The average molecular weight is 227 g/mol. The van der Waals surface area contributed by atoms with Crippen LogP contribution in [0, 0.1) is 5.92 Å². The van der Waals surface area contributed by atoms with E-state index in [4.69, 9.17) is 4.74 Å². The van der Waals surface area contributed by atoms with Gasteiger partial charge in [-0.2, -0.15) is 0 Å². The van der Waals surface area contributed by atoms with Crippen molar-refractivity contribution in [3.63, 3.8) is 0 Å². The molecule has 0 aliphatic carbocycles. The fourth-order valence-corrected chi connectivity index (χ4v) is 1.71. The summed E-state index contributed by atoms with van der Waals surface area (Å²) in [6.45, 7) is 3.97. The van der Waals surface area contributed by atoms with Gasteiger partial charge in [0.1, 0.15) is 0 Å². The monoisotopic (exact) mass is 227 g/mol. The van der Waals surface area contributed by atoms with Gasteiger partial charge in [0.25, 0.3) is 0 Å². The lowest BCUT2D eigenvalue weighted by atomic mass is 10.0. The van der Waals surface area contributed by atoms with E-state index < -0.39 is 0 Å². The van der Waals surface area contributed by atoms with Gasteiger partial charge in [0, 0.05) is 26.2 Å². The van der Waals surface area contributed by atoms with Crippen molar-refractivity contribution in [1.82, 2.24) is 15.5 Å². The maximum Gasteiger partial charge on any atom is 0.242 e. The number of nitrogens with one attached hydrogen (secondary N) is 2. The Morgan fingerprint density at radius 1 is 1.31 bits per heavy atom. The third-order valence-electron chi connectivity index (χ3n) is 2.93. The second-order valence-electron chi connectivity index (χ2n) is 4.07. The molecule has 6 heteroatoms. The molecule has 2 N–H and O–H groups in total. The number of nitrogens with zero attached hydrogens (tertiary/aromatic N) is 1.